The summed E-state index contributed by atoms with van der Waals surface area (Å²) in [5.74, 6) is 0.696. The number of halogens is 1. The summed E-state index contributed by atoms with van der Waals surface area (Å²) in [5.41, 5.74) is 12.3. The van der Waals surface area contributed by atoms with E-state index >= 15 is 0 Å². The highest BCUT2D eigenvalue weighted by molar-refractivity contribution is 5.89. The van der Waals surface area contributed by atoms with E-state index in [1.807, 2.05) is 34.9 Å². The molecule has 0 spiro atoms. The lowest BCUT2D eigenvalue weighted by atomic mass is 9.93. The van der Waals surface area contributed by atoms with E-state index in [1.165, 1.54) is 11.6 Å². The Labute approximate surface area is 226 Å². The number of anilines is 1. The average Bonchev–Trinajstić information content (AvgIpc) is 3.15. The maximum Gasteiger partial charge on any atom is 0.318 e. The van der Waals surface area contributed by atoms with E-state index in [9.17, 15) is 9.18 Å². The number of hydrogen-bond acceptors (Lipinski definition) is 5. The van der Waals surface area contributed by atoms with E-state index in [-0.39, 0.29) is 11.9 Å². The monoisotopic (exact) mass is 529 g/mol. The van der Waals surface area contributed by atoms with E-state index in [0.29, 0.717) is 44.4 Å². The molecule has 0 radical (unpaired) electrons. The lowest BCUT2D eigenvalue weighted by molar-refractivity contribution is 0.0329. The number of ether oxygens (including phenoxy) is 2. The molecule has 4 aromatic rings. The van der Waals surface area contributed by atoms with Crippen molar-refractivity contribution in [2.24, 2.45) is 5.73 Å². The minimum Gasteiger partial charge on any atom is -0.488 e. The predicted octanol–water partition coefficient (Wildman–Crippen LogP) is 4.63. The van der Waals surface area contributed by atoms with Gasteiger partial charge in [-0.3, -0.25) is 10.2 Å². The Bertz CT molecular complexity index is 1530. The highest BCUT2D eigenvalue weighted by atomic mass is 19.1. The van der Waals surface area contributed by atoms with Crippen molar-refractivity contribution in [3.63, 3.8) is 0 Å². The number of fused-ring (bicyclic) bond motifs is 3. The maximum absolute atomic E-state index is 14.7. The maximum atomic E-state index is 14.7. The standard InChI is InChI=1S/C30H32FN5O3/c1-19(17-35-8-10-38-11-9-35)36-27-7-6-20(13-26(27)33-30(36)34-29(32)37)12-23-14-24(31)16-28-25(23)15-21-4-2-3-5-22(21)18-39-28/h2-7,13-14,16,19H,8-12,15,17-18H2,1H3,(H3,32,33,34,37)/t19-/m1/s1. The van der Waals surface area contributed by atoms with E-state index in [4.69, 9.17) is 20.2 Å². The fraction of sp³-hybridized carbons (Fsp3) is 0.333. The largest absolute Gasteiger partial charge is 0.488 e. The summed E-state index contributed by atoms with van der Waals surface area (Å²) >= 11 is 0. The van der Waals surface area contributed by atoms with Gasteiger partial charge in [0.1, 0.15) is 18.2 Å². The molecule has 1 saturated heterocycles. The molecule has 39 heavy (non-hydrogen) atoms. The molecule has 1 fully saturated rings. The number of benzene rings is 3. The second-order valence-corrected chi connectivity index (χ2v) is 10.3. The van der Waals surface area contributed by atoms with Crippen LogP contribution in [-0.2, 0) is 24.2 Å². The van der Waals surface area contributed by atoms with Crippen LogP contribution in [0.2, 0.25) is 0 Å². The number of morpholine rings is 1. The Morgan fingerprint density at radius 3 is 2.72 bits per heavy atom. The zero-order valence-electron chi connectivity index (χ0n) is 22.0. The zero-order valence-corrected chi connectivity index (χ0v) is 22.0. The van der Waals surface area contributed by atoms with Crippen LogP contribution in [0.4, 0.5) is 15.1 Å². The molecule has 0 bridgehead atoms. The van der Waals surface area contributed by atoms with Gasteiger partial charge >= 0.3 is 6.03 Å². The third-order valence-corrected chi connectivity index (χ3v) is 7.59. The molecule has 3 heterocycles. The number of carbonyl (C=O) groups excluding carboxylic acids is 1. The Morgan fingerprint density at radius 2 is 1.92 bits per heavy atom. The summed E-state index contributed by atoms with van der Waals surface area (Å²) in [4.78, 5) is 18.9. The van der Waals surface area contributed by atoms with E-state index in [2.05, 4.69) is 29.3 Å². The number of carbonyl (C=O) groups is 1. The van der Waals surface area contributed by atoms with Crippen LogP contribution in [0.25, 0.3) is 11.0 Å². The molecule has 2 amide bonds. The minimum atomic E-state index is -0.659. The van der Waals surface area contributed by atoms with E-state index < -0.39 is 6.03 Å². The Hall–Kier alpha value is -3.95. The van der Waals surface area contributed by atoms with Gasteiger partial charge in [-0.15, -0.1) is 0 Å². The lowest BCUT2D eigenvalue weighted by Crippen LogP contribution is -2.39. The summed E-state index contributed by atoms with van der Waals surface area (Å²) in [6.07, 6.45) is 1.21. The van der Waals surface area contributed by atoms with Crippen molar-refractivity contribution in [1.29, 1.82) is 0 Å². The smallest absolute Gasteiger partial charge is 0.318 e. The second-order valence-electron chi connectivity index (χ2n) is 10.3. The third kappa shape index (κ3) is 5.32. The van der Waals surface area contributed by atoms with Gasteiger partial charge in [-0.1, -0.05) is 30.3 Å². The number of nitrogens with zero attached hydrogens (tertiary/aromatic N) is 3. The average molecular weight is 530 g/mol. The van der Waals surface area contributed by atoms with Crippen LogP contribution in [0, 0.1) is 5.82 Å². The highest BCUT2D eigenvalue weighted by Gasteiger charge is 2.22. The van der Waals surface area contributed by atoms with Crippen molar-refractivity contribution < 1.29 is 18.7 Å². The van der Waals surface area contributed by atoms with Crippen molar-refractivity contribution in [3.05, 3.63) is 88.2 Å². The molecule has 0 saturated carbocycles. The molecule has 9 heteroatoms. The summed E-state index contributed by atoms with van der Waals surface area (Å²) in [6.45, 7) is 6.49. The second kappa shape index (κ2) is 10.7. The molecule has 1 aromatic heterocycles. The van der Waals surface area contributed by atoms with Gasteiger partial charge in [-0.2, -0.15) is 0 Å². The summed E-state index contributed by atoms with van der Waals surface area (Å²) in [5, 5.41) is 2.70. The molecule has 0 aliphatic carbocycles. The molecule has 2 aliphatic heterocycles. The van der Waals surface area contributed by atoms with Gasteiger partial charge in [-0.05, 0) is 53.8 Å². The van der Waals surface area contributed by atoms with Crippen molar-refractivity contribution in [3.8, 4) is 5.75 Å². The van der Waals surface area contributed by atoms with Crippen molar-refractivity contribution in [2.45, 2.75) is 32.4 Å². The van der Waals surface area contributed by atoms with Gasteiger partial charge < -0.3 is 19.8 Å². The number of amides is 2. The van der Waals surface area contributed by atoms with Crippen LogP contribution in [0.3, 0.4) is 0 Å². The first-order valence-electron chi connectivity index (χ1n) is 13.3. The molecule has 6 rings (SSSR count). The number of urea groups is 1. The van der Waals surface area contributed by atoms with Crippen molar-refractivity contribution in [1.82, 2.24) is 14.5 Å². The van der Waals surface area contributed by atoms with Gasteiger partial charge in [0, 0.05) is 43.7 Å². The molecule has 202 valence electrons. The van der Waals surface area contributed by atoms with Gasteiger partial charge in [0.15, 0.2) is 0 Å². The van der Waals surface area contributed by atoms with Crippen molar-refractivity contribution in [2.75, 3.05) is 38.2 Å². The molecule has 0 unspecified atom stereocenters. The SMILES string of the molecule is C[C@H](CN1CCOCC1)n1c(NC(N)=O)nc2cc(Cc3cc(F)cc4c3Cc3ccccc3CO4)ccc21. The van der Waals surface area contributed by atoms with E-state index in [1.54, 1.807) is 6.07 Å². The molecule has 3 N–H and O–H groups in total. The summed E-state index contributed by atoms with van der Waals surface area (Å²) < 4.78 is 28.2. The number of primary amides is 1. The zero-order chi connectivity index (χ0) is 26.9. The van der Waals surface area contributed by atoms with Gasteiger partial charge in [-0.25, -0.2) is 14.2 Å². The number of hydrogen-bond donors (Lipinski definition) is 2. The third-order valence-electron chi connectivity index (χ3n) is 7.59. The van der Waals surface area contributed by atoms with Crippen LogP contribution >= 0.6 is 0 Å². The Kier molecular flexibility index (Phi) is 6.93. The topological polar surface area (TPSA) is 94.6 Å². The predicted molar refractivity (Wildman–Crippen MR) is 148 cm³/mol. The molecule has 2 aliphatic rings. The summed E-state index contributed by atoms with van der Waals surface area (Å²) in [7, 11) is 0. The van der Waals surface area contributed by atoms with Crippen LogP contribution < -0.4 is 15.8 Å². The first kappa shape index (κ1) is 25.3. The summed E-state index contributed by atoms with van der Waals surface area (Å²) in [6, 6.07) is 16.7. The molecular weight excluding hydrogens is 497 g/mol. The van der Waals surface area contributed by atoms with Crippen LogP contribution in [-0.4, -0.2) is 53.3 Å². The van der Waals surface area contributed by atoms with Gasteiger partial charge in [0.2, 0.25) is 5.95 Å². The van der Waals surface area contributed by atoms with Crippen molar-refractivity contribution >= 4 is 23.0 Å². The normalized spacial score (nSPS) is 16.2. The number of nitrogens with two attached hydrogens (primary N) is 1. The van der Waals surface area contributed by atoms with Gasteiger partial charge in [0.25, 0.3) is 0 Å². The molecular formula is C30H32FN5O3. The number of nitrogens with one attached hydrogen (secondary N) is 1. The first-order valence-corrected chi connectivity index (χ1v) is 13.3. The minimum absolute atomic E-state index is 0.0389. The van der Waals surface area contributed by atoms with Gasteiger partial charge in [0.05, 0.1) is 24.2 Å². The van der Waals surface area contributed by atoms with E-state index in [0.717, 1.165) is 52.9 Å². The van der Waals surface area contributed by atoms with Crippen LogP contribution in [0.15, 0.2) is 54.6 Å². The van der Waals surface area contributed by atoms with Crippen LogP contribution in [0.5, 0.6) is 5.75 Å². The number of aromatic nitrogens is 2. The Morgan fingerprint density at radius 1 is 1.13 bits per heavy atom. The first-order chi connectivity index (χ1) is 18.9. The number of rotatable bonds is 6. The number of imidazole rings is 1. The fourth-order valence-corrected chi connectivity index (χ4v) is 5.73. The Balaban J connectivity index is 1.33. The highest BCUT2D eigenvalue weighted by Crippen LogP contribution is 2.34. The lowest BCUT2D eigenvalue weighted by Gasteiger charge is -2.30. The molecule has 8 nitrogen and oxygen atoms in total. The quantitative estimate of drug-likeness (QED) is 0.380. The fourth-order valence-electron chi connectivity index (χ4n) is 5.73. The molecule has 3 aromatic carbocycles. The van der Waals surface area contributed by atoms with Crippen LogP contribution in [0.1, 0.15) is 40.8 Å². The molecule has 1 atom stereocenters.